The molecule has 39 heavy (non-hydrogen) atoms. The Balaban J connectivity index is 1.25. The number of amides is 1. The van der Waals surface area contributed by atoms with Crippen molar-refractivity contribution < 1.29 is 14.3 Å². The van der Waals surface area contributed by atoms with Gasteiger partial charge in [-0.3, -0.25) is 4.79 Å². The van der Waals surface area contributed by atoms with Crippen molar-refractivity contribution in [2.24, 2.45) is 0 Å². The molecule has 6 heteroatoms. The molecule has 0 spiro atoms. The fraction of sp³-hybridized carbons (Fsp3) is 0.394. The van der Waals surface area contributed by atoms with Crippen LogP contribution < -0.4 is 14.8 Å². The van der Waals surface area contributed by atoms with Crippen LogP contribution in [-0.2, 0) is 17.8 Å². The highest BCUT2D eigenvalue weighted by molar-refractivity contribution is 5.77. The second-order valence-corrected chi connectivity index (χ2v) is 10.4. The molecule has 4 rings (SSSR count). The molecular formula is C33H41N3O3. The molecule has 0 bridgehead atoms. The van der Waals surface area contributed by atoms with Crippen molar-refractivity contribution in [2.45, 2.75) is 65.8 Å². The van der Waals surface area contributed by atoms with E-state index in [9.17, 15) is 4.79 Å². The lowest BCUT2D eigenvalue weighted by Gasteiger charge is -2.14. The van der Waals surface area contributed by atoms with E-state index in [2.05, 4.69) is 60.1 Å². The number of unbranched alkanes of at least 4 members (excludes halogenated alkanes) is 1. The number of para-hydroxylation sites is 3. The van der Waals surface area contributed by atoms with Gasteiger partial charge in [0, 0.05) is 19.5 Å². The van der Waals surface area contributed by atoms with Crippen molar-refractivity contribution in [3.05, 3.63) is 89.2 Å². The maximum absolute atomic E-state index is 12.3. The zero-order valence-corrected chi connectivity index (χ0v) is 23.7. The highest BCUT2D eigenvalue weighted by Crippen LogP contribution is 2.26. The fourth-order valence-electron chi connectivity index (χ4n) is 4.74. The summed E-state index contributed by atoms with van der Waals surface area (Å²) in [6.07, 6.45) is 3.58. The number of aryl methyl sites for hydroxylation is 4. The number of imidazole rings is 1. The number of nitrogens with zero attached hydrogens (tertiary/aromatic N) is 2. The maximum Gasteiger partial charge on any atom is 0.257 e. The molecule has 0 fully saturated rings. The van der Waals surface area contributed by atoms with Gasteiger partial charge in [0.15, 0.2) is 6.61 Å². The van der Waals surface area contributed by atoms with Crippen molar-refractivity contribution in [2.75, 3.05) is 19.8 Å². The van der Waals surface area contributed by atoms with Crippen LogP contribution in [0.4, 0.5) is 0 Å². The average Bonchev–Trinajstić information content (AvgIpc) is 3.28. The Labute approximate surface area is 232 Å². The molecule has 0 aliphatic rings. The van der Waals surface area contributed by atoms with Gasteiger partial charge >= 0.3 is 0 Å². The van der Waals surface area contributed by atoms with Crippen LogP contribution in [0.3, 0.4) is 0 Å². The summed E-state index contributed by atoms with van der Waals surface area (Å²) < 4.78 is 14.2. The standard InChI is InChI=1S/C33H41N3O3/c1-24(2)27-12-5-8-15-30(27)38-21-10-9-20-36-29-14-7-6-13-28(29)35-32(36)16-11-19-34-33(37)23-39-31-22-25(3)17-18-26(31)4/h5-8,12-15,17-18,22,24H,9-11,16,19-21,23H2,1-4H3,(H,34,37). The minimum atomic E-state index is -0.108. The van der Waals surface area contributed by atoms with Crippen LogP contribution in [0, 0.1) is 13.8 Å². The fourth-order valence-corrected chi connectivity index (χ4v) is 4.74. The number of benzene rings is 3. The van der Waals surface area contributed by atoms with Gasteiger partial charge in [-0.15, -0.1) is 0 Å². The molecule has 0 saturated carbocycles. The first kappa shape index (κ1) is 28.2. The number of carbonyl (C=O) groups excluding carboxylic acids is 1. The zero-order chi connectivity index (χ0) is 27.6. The Morgan fingerprint density at radius 3 is 2.56 bits per heavy atom. The normalized spacial score (nSPS) is 11.2. The summed E-state index contributed by atoms with van der Waals surface area (Å²) in [6.45, 7) is 10.6. The summed E-state index contributed by atoms with van der Waals surface area (Å²) in [7, 11) is 0. The summed E-state index contributed by atoms with van der Waals surface area (Å²) in [5, 5.41) is 2.98. The van der Waals surface area contributed by atoms with Crippen LogP contribution in [0.25, 0.3) is 11.0 Å². The maximum atomic E-state index is 12.3. The van der Waals surface area contributed by atoms with Crippen LogP contribution >= 0.6 is 0 Å². The van der Waals surface area contributed by atoms with E-state index >= 15 is 0 Å². The van der Waals surface area contributed by atoms with Gasteiger partial charge in [-0.1, -0.05) is 56.3 Å². The number of ether oxygens (including phenoxy) is 2. The Morgan fingerprint density at radius 2 is 1.72 bits per heavy atom. The molecule has 3 aromatic carbocycles. The van der Waals surface area contributed by atoms with E-state index in [0.29, 0.717) is 19.1 Å². The van der Waals surface area contributed by atoms with Crippen molar-refractivity contribution >= 4 is 16.9 Å². The molecule has 0 radical (unpaired) electrons. The SMILES string of the molecule is Cc1ccc(C)c(OCC(=O)NCCCc2nc3ccccc3n2CCCCOc2ccccc2C(C)C)c1. The van der Waals surface area contributed by atoms with E-state index in [0.717, 1.165) is 71.7 Å². The smallest absolute Gasteiger partial charge is 0.257 e. The van der Waals surface area contributed by atoms with Gasteiger partial charge in [0.2, 0.25) is 0 Å². The summed E-state index contributed by atoms with van der Waals surface area (Å²) >= 11 is 0. The summed E-state index contributed by atoms with van der Waals surface area (Å²) in [5.74, 6) is 3.14. The van der Waals surface area contributed by atoms with Gasteiger partial charge in [-0.05, 0) is 80.0 Å². The van der Waals surface area contributed by atoms with E-state index in [4.69, 9.17) is 14.5 Å². The minimum Gasteiger partial charge on any atom is -0.493 e. The molecule has 1 N–H and O–H groups in total. The Bertz CT molecular complexity index is 1380. The number of carbonyl (C=O) groups is 1. The van der Waals surface area contributed by atoms with Gasteiger partial charge in [0.05, 0.1) is 17.6 Å². The third-order valence-corrected chi connectivity index (χ3v) is 6.91. The molecule has 6 nitrogen and oxygen atoms in total. The molecule has 4 aromatic rings. The third-order valence-electron chi connectivity index (χ3n) is 6.91. The average molecular weight is 528 g/mol. The number of nitrogens with one attached hydrogen (secondary N) is 1. The van der Waals surface area contributed by atoms with E-state index in [1.54, 1.807) is 0 Å². The first-order valence-electron chi connectivity index (χ1n) is 14.0. The summed E-state index contributed by atoms with van der Waals surface area (Å²) in [4.78, 5) is 17.2. The van der Waals surface area contributed by atoms with Crippen LogP contribution in [0.5, 0.6) is 11.5 Å². The van der Waals surface area contributed by atoms with Crippen LogP contribution in [-0.4, -0.2) is 35.2 Å². The predicted octanol–water partition coefficient (Wildman–Crippen LogP) is 6.76. The highest BCUT2D eigenvalue weighted by atomic mass is 16.5. The van der Waals surface area contributed by atoms with Crippen molar-refractivity contribution in [3.63, 3.8) is 0 Å². The van der Waals surface area contributed by atoms with Crippen LogP contribution in [0.2, 0.25) is 0 Å². The zero-order valence-electron chi connectivity index (χ0n) is 23.7. The molecular weight excluding hydrogens is 486 g/mol. The van der Waals surface area contributed by atoms with E-state index in [1.807, 2.05) is 44.2 Å². The summed E-state index contributed by atoms with van der Waals surface area (Å²) in [6, 6.07) is 22.6. The number of fused-ring (bicyclic) bond motifs is 1. The van der Waals surface area contributed by atoms with E-state index in [-0.39, 0.29) is 12.5 Å². The van der Waals surface area contributed by atoms with Gasteiger partial charge in [0.1, 0.15) is 17.3 Å². The highest BCUT2D eigenvalue weighted by Gasteiger charge is 2.12. The van der Waals surface area contributed by atoms with Gasteiger partial charge in [0.25, 0.3) is 5.91 Å². The molecule has 0 atom stereocenters. The largest absolute Gasteiger partial charge is 0.493 e. The van der Waals surface area contributed by atoms with Gasteiger partial charge in [-0.25, -0.2) is 4.98 Å². The second-order valence-electron chi connectivity index (χ2n) is 10.4. The van der Waals surface area contributed by atoms with Gasteiger partial charge in [-0.2, -0.15) is 0 Å². The molecule has 1 amide bonds. The first-order chi connectivity index (χ1) is 18.9. The lowest BCUT2D eigenvalue weighted by molar-refractivity contribution is -0.123. The van der Waals surface area contributed by atoms with Crippen molar-refractivity contribution in [1.29, 1.82) is 0 Å². The number of aromatic nitrogens is 2. The van der Waals surface area contributed by atoms with Crippen molar-refractivity contribution in [1.82, 2.24) is 14.9 Å². The number of rotatable bonds is 14. The molecule has 1 aromatic heterocycles. The Kier molecular flexibility index (Phi) is 10.0. The second kappa shape index (κ2) is 13.8. The predicted molar refractivity (Wildman–Crippen MR) is 158 cm³/mol. The first-order valence-corrected chi connectivity index (χ1v) is 14.0. The third kappa shape index (κ3) is 7.85. The monoisotopic (exact) mass is 527 g/mol. The molecule has 0 saturated heterocycles. The van der Waals surface area contributed by atoms with Crippen molar-refractivity contribution in [3.8, 4) is 11.5 Å². The molecule has 206 valence electrons. The molecule has 0 aliphatic carbocycles. The van der Waals surface area contributed by atoms with E-state index in [1.165, 1.54) is 5.56 Å². The lowest BCUT2D eigenvalue weighted by Crippen LogP contribution is -2.30. The number of hydrogen-bond donors (Lipinski definition) is 1. The Morgan fingerprint density at radius 1 is 0.923 bits per heavy atom. The molecule has 0 aliphatic heterocycles. The topological polar surface area (TPSA) is 65.4 Å². The number of hydrogen-bond acceptors (Lipinski definition) is 4. The summed E-state index contributed by atoms with van der Waals surface area (Å²) in [5.41, 5.74) is 5.57. The van der Waals surface area contributed by atoms with E-state index < -0.39 is 0 Å². The molecule has 1 heterocycles. The molecule has 0 unspecified atom stereocenters. The van der Waals surface area contributed by atoms with Gasteiger partial charge < -0.3 is 19.4 Å². The quantitative estimate of drug-likeness (QED) is 0.184. The Hall–Kier alpha value is -3.80. The lowest BCUT2D eigenvalue weighted by atomic mass is 10.0. The van der Waals surface area contributed by atoms with Crippen LogP contribution in [0.1, 0.15) is 61.5 Å². The van der Waals surface area contributed by atoms with Crippen LogP contribution in [0.15, 0.2) is 66.7 Å². The minimum absolute atomic E-state index is 0.0204.